The van der Waals surface area contributed by atoms with E-state index in [4.69, 9.17) is 21.0 Å². The van der Waals surface area contributed by atoms with Crippen LogP contribution in [-0.4, -0.2) is 19.7 Å². The molecule has 0 radical (unpaired) electrons. The van der Waals surface area contributed by atoms with E-state index in [0.717, 1.165) is 40.7 Å². The number of halogens is 1. The van der Waals surface area contributed by atoms with Crippen LogP contribution >= 0.6 is 34.7 Å². The van der Waals surface area contributed by atoms with Crippen molar-refractivity contribution in [1.82, 2.24) is 19.7 Å². The Balaban J connectivity index is 1.41. The quantitative estimate of drug-likeness (QED) is 0.193. The Morgan fingerprint density at radius 1 is 1.14 bits per heavy atom. The summed E-state index contributed by atoms with van der Waals surface area (Å²) in [5.41, 5.74) is 2.73. The molecular weight excluding hydrogens is 500 g/mol. The molecular formula is C26H21ClN4O2S2. The van der Waals surface area contributed by atoms with Gasteiger partial charge in [0.05, 0.1) is 16.8 Å². The molecule has 1 atom stereocenters. The average Bonchev–Trinajstić information content (AvgIpc) is 3.48. The molecule has 0 fully saturated rings. The van der Waals surface area contributed by atoms with Gasteiger partial charge in [-0.2, -0.15) is 0 Å². The SMILES string of the molecule is CC1CCc2c(sc3nc(SCc4nnc(-c5ccccc5)o4)n(-c4ccc(Cl)cc4)c(=O)c23)C1. The molecule has 0 N–H and O–H groups in total. The van der Waals surface area contributed by atoms with E-state index in [1.807, 2.05) is 42.5 Å². The predicted molar refractivity (Wildman–Crippen MR) is 141 cm³/mol. The van der Waals surface area contributed by atoms with Crippen LogP contribution in [0.5, 0.6) is 0 Å². The lowest BCUT2D eigenvalue weighted by atomic mass is 9.89. The Morgan fingerprint density at radius 2 is 1.94 bits per heavy atom. The van der Waals surface area contributed by atoms with E-state index in [1.54, 1.807) is 28.0 Å². The number of aryl methyl sites for hydroxylation is 1. The normalized spacial score (nSPS) is 15.4. The number of thioether (sulfide) groups is 1. The van der Waals surface area contributed by atoms with Crippen molar-refractivity contribution in [3.05, 3.63) is 86.3 Å². The maximum Gasteiger partial charge on any atom is 0.267 e. The lowest BCUT2D eigenvalue weighted by Crippen LogP contribution is -2.22. The van der Waals surface area contributed by atoms with Crippen molar-refractivity contribution in [3.63, 3.8) is 0 Å². The van der Waals surface area contributed by atoms with Crippen LogP contribution < -0.4 is 5.56 Å². The van der Waals surface area contributed by atoms with Crippen LogP contribution in [0, 0.1) is 5.92 Å². The molecule has 3 heterocycles. The lowest BCUT2D eigenvalue weighted by Gasteiger charge is -2.17. The van der Waals surface area contributed by atoms with E-state index in [1.165, 1.54) is 22.2 Å². The Labute approximate surface area is 215 Å². The molecule has 6 nitrogen and oxygen atoms in total. The van der Waals surface area contributed by atoms with Gasteiger partial charge in [-0.15, -0.1) is 21.5 Å². The number of benzene rings is 2. The molecule has 3 aromatic heterocycles. The van der Waals surface area contributed by atoms with E-state index < -0.39 is 0 Å². The zero-order valence-electron chi connectivity index (χ0n) is 18.9. The fraction of sp³-hybridized carbons (Fsp3) is 0.231. The van der Waals surface area contributed by atoms with Crippen molar-refractivity contribution in [2.45, 2.75) is 37.1 Å². The summed E-state index contributed by atoms with van der Waals surface area (Å²) in [4.78, 5) is 20.9. The highest BCUT2D eigenvalue weighted by molar-refractivity contribution is 7.98. The second kappa shape index (κ2) is 9.26. The highest BCUT2D eigenvalue weighted by Crippen LogP contribution is 2.37. The lowest BCUT2D eigenvalue weighted by molar-refractivity contribution is 0.509. The second-order valence-electron chi connectivity index (χ2n) is 8.70. The maximum atomic E-state index is 13.9. The van der Waals surface area contributed by atoms with Gasteiger partial charge in [0.25, 0.3) is 5.56 Å². The van der Waals surface area contributed by atoms with E-state index >= 15 is 0 Å². The van der Waals surface area contributed by atoms with E-state index in [2.05, 4.69) is 17.1 Å². The van der Waals surface area contributed by atoms with Gasteiger partial charge in [0.1, 0.15) is 4.83 Å². The third-order valence-corrected chi connectivity index (χ3v) is 8.52. The van der Waals surface area contributed by atoms with Gasteiger partial charge in [-0.1, -0.05) is 48.5 Å². The smallest absolute Gasteiger partial charge is 0.267 e. The van der Waals surface area contributed by atoms with Gasteiger partial charge in [0.2, 0.25) is 11.8 Å². The highest BCUT2D eigenvalue weighted by atomic mass is 35.5. The van der Waals surface area contributed by atoms with Crippen molar-refractivity contribution >= 4 is 44.9 Å². The minimum atomic E-state index is -0.0395. The fourth-order valence-electron chi connectivity index (χ4n) is 4.42. The number of aromatic nitrogens is 4. The molecule has 176 valence electrons. The van der Waals surface area contributed by atoms with Gasteiger partial charge in [0, 0.05) is 15.5 Å². The van der Waals surface area contributed by atoms with Gasteiger partial charge in [0.15, 0.2) is 5.16 Å². The second-order valence-corrected chi connectivity index (χ2v) is 11.2. The molecule has 0 saturated carbocycles. The van der Waals surface area contributed by atoms with Crippen LogP contribution in [0.1, 0.15) is 29.7 Å². The molecule has 1 aliphatic carbocycles. The summed E-state index contributed by atoms with van der Waals surface area (Å²) in [6.45, 7) is 2.27. The summed E-state index contributed by atoms with van der Waals surface area (Å²) in [7, 11) is 0. The van der Waals surface area contributed by atoms with Crippen LogP contribution in [0.2, 0.25) is 5.02 Å². The number of hydrogen-bond donors (Lipinski definition) is 0. The van der Waals surface area contributed by atoms with Gasteiger partial charge in [-0.25, -0.2) is 4.98 Å². The van der Waals surface area contributed by atoms with E-state index in [0.29, 0.717) is 33.6 Å². The first-order chi connectivity index (χ1) is 17.1. The van der Waals surface area contributed by atoms with E-state index in [9.17, 15) is 4.79 Å². The Morgan fingerprint density at radius 3 is 2.74 bits per heavy atom. The molecule has 6 rings (SSSR count). The van der Waals surface area contributed by atoms with Crippen molar-refractivity contribution in [2.75, 3.05) is 0 Å². The number of rotatable bonds is 5. The third-order valence-electron chi connectivity index (χ3n) is 6.20. The van der Waals surface area contributed by atoms with Crippen molar-refractivity contribution in [2.24, 2.45) is 5.92 Å². The topological polar surface area (TPSA) is 73.8 Å². The maximum absolute atomic E-state index is 13.9. The Bertz CT molecular complexity index is 1580. The summed E-state index contributed by atoms with van der Waals surface area (Å²) in [5, 5.41) is 10.3. The van der Waals surface area contributed by atoms with Gasteiger partial charge in [-0.3, -0.25) is 9.36 Å². The third kappa shape index (κ3) is 4.30. The number of hydrogen-bond acceptors (Lipinski definition) is 7. The molecule has 2 aromatic carbocycles. The predicted octanol–water partition coefficient (Wildman–Crippen LogP) is 6.57. The molecule has 0 bridgehead atoms. The molecule has 35 heavy (non-hydrogen) atoms. The standard InChI is InChI=1S/C26H21ClN4O2S2/c1-15-7-12-19-20(13-15)35-24-22(19)25(32)31(18-10-8-17(27)9-11-18)26(28-24)34-14-21-29-30-23(33-21)16-5-3-2-4-6-16/h2-6,8-11,15H,7,12-14H2,1H3. The number of fused-ring (bicyclic) bond motifs is 3. The first-order valence-electron chi connectivity index (χ1n) is 11.4. The molecule has 5 aromatic rings. The van der Waals surface area contributed by atoms with Crippen LogP contribution in [0.3, 0.4) is 0 Å². The monoisotopic (exact) mass is 520 g/mol. The average molecular weight is 521 g/mol. The van der Waals surface area contributed by atoms with Crippen molar-refractivity contribution < 1.29 is 4.42 Å². The van der Waals surface area contributed by atoms with Crippen LogP contribution in [0.15, 0.2) is 69.0 Å². The zero-order chi connectivity index (χ0) is 23.9. The molecule has 0 amide bonds. The summed E-state index contributed by atoms with van der Waals surface area (Å²) in [6.07, 6.45) is 3.02. The zero-order valence-corrected chi connectivity index (χ0v) is 21.3. The largest absolute Gasteiger partial charge is 0.420 e. The summed E-state index contributed by atoms with van der Waals surface area (Å²) < 4.78 is 7.56. The van der Waals surface area contributed by atoms with E-state index in [-0.39, 0.29) is 5.56 Å². The van der Waals surface area contributed by atoms with Crippen LogP contribution in [0.4, 0.5) is 0 Å². The van der Waals surface area contributed by atoms with Gasteiger partial charge in [-0.05, 0) is 67.1 Å². The molecule has 0 aliphatic heterocycles. The number of thiophene rings is 1. The fourth-order valence-corrected chi connectivity index (χ4v) is 6.82. The molecule has 9 heteroatoms. The molecule has 1 unspecified atom stereocenters. The summed E-state index contributed by atoms with van der Waals surface area (Å²) >= 11 is 9.19. The molecule has 0 spiro atoms. The minimum Gasteiger partial charge on any atom is -0.420 e. The highest BCUT2D eigenvalue weighted by Gasteiger charge is 2.25. The number of nitrogens with zero attached hydrogens (tertiary/aromatic N) is 4. The first-order valence-corrected chi connectivity index (χ1v) is 13.6. The molecule has 1 aliphatic rings. The van der Waals surface area contributed by atoms with Crippen molar-refractivity contribution in [1.29, 1.82) is 0 Å². The van der Waals surface area contributed by atoms with Crippen LogP contribution in [0.25, 0.3) is 27.4 Å². The minimum absolute atomic E-state index is 0.0395. The Kier molecular flexibility index (Phi) is 5.96. The Hall–Kier alpha value is -2.94. The van der Waals surface area contributed by atoms with Crippen LogP contribution in [-0.2, 0) is 18.6 Å². The van der Waals surface area contributed by atoms with Gasteiger partial charge >= 0.3 is 0 Å². The summed E-state index contributed by atoms with van der Waals surface area (Å²) in [6, 6.07) is 16.9. The van der Waals surface area contributed by atoms with Crippen molar-refractivity contribution in [3.8, 4) is 17.1 Å². The first kappa shape index (κ1) is 22.5. The van der Waals surface area contributed by atoms with Gasteiger partial charge < -0.3 is 4.42 Å². The molecule has 0 saturated heterocycles. The summed E-state index contributed by atoms with van der Waals surface area (Å²) in [5.74, 6) is 1.97.